The summed E-state index contributed by atoms with van der Waals surface area (Å²) in [5, 5.41) is 6.86. The number of guanidine groups is 1. The van der Waals surface area contributed by atoms with Gasteiger partial charge < -0.3 is 15.5 Å². The van der Waals surface area contributed by atoms with Crippen LogP contribution in [0.2, 0.25) is 0 Å². The van der Waals surface area contributed by atoms with Crippen molar-refractivity contribution in [3.63, 3.8) is 0 Å². The van der Waals surface area contributed by atoms with E-state index in [1.807, 2.05) is 7.05 Å². The number of hydrogen-bond acceptors (Lipinski definition) is 2. The van der Waals surface area contributed by atoms with Gasteiger partial charge in [0.05, 0.1) is 0 Å². The molecule has 0 aliphatic heterocycles. The first-order valence-corrected chi connectivity index (χ1v) is 9.34. The number of nitrogens with one attached hydrogen (secondary N) is 2. The molecule has 0 aromatic heterocycles. The highest BCUT2D eigenvalue weighted by Crippen LogP contribution is 2.28. The summed E-state index contributed by atoms with van der Waals surface area (Å²) in [4.78, 5) is 6.52. The van der Waals surface area contributed by atoms with Crippen LogP contribution in [-0.2, 0) is 13.1 Å². The lowest BCUT2D eigenvalue weighted by atomic mass is 10.0. The van der Waals surface area contributed by atoms with Crippen molar-refractivity contribution in [1.82, 2.24) is 15.5 Å². The van der Waals surface area contributed by atoms with Gasteiger partial charge in [0, 0.05) is 26.7 Å². The SMILES string of the molecule is CN=C(NCCCC1CCCC1)NCc1cccc(CN(C)C)c1. The molecule has 0 amide bonds. The molecule has 1 fully saturated rings. The van der Waals surface area contributed by atoms with Gasteiger partial charge in [-0.1, -0.05) is 49.9 Å². The Morgan fingerprint density at radius 3 is 2.62 bits per heavy atom. The van der Waals surface area contributed by atoms with Crippen molar-refractivity contribution < 1.29 is 0 Å². The van der Waals surface area contributed by atoms with Crippen molar-refractivity contribution in [2.45, 2.75) is 51.6 Å². The molecule has 24 heavy (non-hydrogen) atoms. The standard InChI is InChI=1S/C20H34N4/c1-21-20(22-13-7-12-17-8-4-5-9-17)23-15-18-10-6-11-19(14-18)16-24(2)3/h6,10-11,14,17H,4-5,7-9,12-13,15-16H2,1-3H3,(H2,21,22,23). The fourth-order valence-electron chi connectivity index (χ4n) is 3.51. The third-order valence-electron chi connectivity index (χ3n) is 4.73. The van der Waals surface area contributed by atoms with Gasteiger partial charge in [-0.15, -0.1) is 0 Å². The Hall–Kier alpha value is -1.55. The van der Waals surface area contributed by atoms with Crippen molar-refractivity contribution in [3.8, 4) is 0 Å². The molecule has 0 atom stereocenters. The highest BCUT2D eigenvalue weighted by molar-refractivity contribution is 5.79. The van der Waals surface area contributed by atoms with Gasteiger partial charge in [-0.2, -0.15) is 0 Å². The van der Waals surface area contributed by atoms with E-state index in [1.54, 1.807) is 0 Å². The van der Waals surface area contributed by atoms with Gasteiger partial charge in [0.25, 0.3) is 0 Å². The Labute approximate surface area is 147 Å². The topological polar surface area (TPSA) is 39.7 Å². The van der Waals surface area contributed by atoms with Crippen LogP contribution >= 0.6 is 0 Å². The molecule has 4 heteroatoms. The molecule has 0 heterocycles. The zero-order chi connectivity index (χ0) is 17.2. The van der Waals surface area contributed by atoms with Gasteiger partial charge in [0.15, 0.2) is 5.96 Å². The first kappa shape index (κ1) is 18.8. The largest absolute Gasteiger partial charge is 0.356 e. The van der Waals surface area contributed by atoms with Gasteiger partial charge in [-0.05, 0) is 44.0 Å². The Kier molecular flexibility index (Phi) is 8.10. The van der Waals surface area contributed by atoms with Crippen LogP contribution < -0.4 is 10.6 Å². The molecule has 0 saturated heterocycles. The lowest BCUT2D eigenvalue weighted by Gasteiger charge is -2.14. The molecular weight excluding hydrogens is 296 g/mol. The van der Waals surface area contributed by atoms with Crippen molar-refractivity contribution >= 4 is 5.96 Å². The van der Waals surface area contributed by atoms with Gasteiger partial charge in [0.1, 0.15) is 0 Å². The second kappa shape index (κ2) is 10.3. The summed E-state index contributed by atoms with van der Waals surface area (Å²) in [6, 6.07) is 8.74. The molecule has 1 saturated carbocycles. The zero-order valence-corrected chi connectivity index (χ0v) is 15.6. The highest BCUT2D eigenvalue weighted by atomic mass is 15.2. The number of aliphatic imine (C=N–C) groups is 1. The fourth-order valence-corrected chi connectivity index (χ4v) is 3.51. The molecule has 1 aromatic rings. The van der Waals surface area contributed by atoms with E-state index in [1.165, 1.54) is 49.7 Å². The van der Waals surface area contributed by atoms with E-state index in [9.17, 15) is 0 Å². The monoisotopic (exact) mass is 330 g/mol. The van der Waals surface area contributed by atoms with Crippen molar-refractivity contribution in [2.75, 3.05) is 27.7 Å². The molecule has 1 aliphatic rings. The van der Waals surface area contributed by atoms with Crippen molar-refractivity contribution in [3.05, 3.63) is 35.4 Å². The number of nitrogens with zero attached hydrogens (tertiary/aromatic N) is 2. The molecular formula is C20H34N4. The minimum absolute atomic E-state index is 0.809. The Balaban J connectivity index is 1.68. The molecule has 1 aromatic carbocycles. The first-order valence-electron chi connectivity index (χ1n) is 9.34. The van der Waals surface area contributed by atoms with Crippen molar-refractivity contribution in [2.24, 2.45) is 10.9 Å². The van der Waals surface area contributed by atoms with E-state index in [0.29, 0.717) is 0 Å². The summed E-state index contributed by atoms with van der Waals surface area (Å²) in [6.07, 6.45) is 8.36. The third kappa shape index (κ3) is 6.91. The molecule has 2 N–H and O–H groups in total. The highest BCUT2D eigenvalue weighted by Gasteiger charge is 2.13. The molecule has 0 spiro atoms. The van der Waals surface area contributed by atoms with Crippen LogP contribution in [0.25, 0.3) is 0 Å². The summed E-state index contributed by atoms with van der Waals surface area (Å²) in [5.41, 5.74) is 2.64. The Morgan fingerprint density at radius 2 is 1.92 bits per heavy atom. The predicted molar refractivity (Wildman–Crippen MR) is 103 cm³/mol. The minimum Gasteiger partial charge on any atom is -0.356 e. The summed E-state index contributed by atoms with van der Waals surface area (Å²) >= 11 is 0. The quantitative estimate of drug-likeness (QED) is 0.436. The first-order chi connectivity index (χ1) is 11.7. The Bertz CT molecular complexity index is 504. The van der Waals surface area contributed by atoms with Gasteiger partial charge in [-0.25, -0.2) is 0 Å². The molecule has 4 nitrogen and oxygen atoms in total. The second-order valence-corrected chi connectivity index (χ2v) is 7.20. The van der Waals surface area contributed by atoms with E-state index in [0.717, 1.165) is 31.5 Å². The van der Waals surface area contributed by atoms with Crippen LogP contribution in [-0.4, -0.2) is 38.5 Å². The lowest BCUT2D eigenvalue weighted by molar-refractivity contribution is 0.402. The normalized spacial score (nSPS) is 15.9. The average molecular weight is 331 g/mol. The number of hydrogen-bond donors (Lipinski definition) is 2. The van der Waals surface area contributed by atoms with Crippen LogP contribution in [0.3, 0.4) is 0 Å². The zero-order valence-electron chi connectivity index (χ0n) is 15.6. The van der Waals surface area contributed by atoms with Crippen LogP contribution in [0.5, 0.6) is 0 Å². The minimum atomic E-state index is 0.809. The van der Waals surface area contributed by atoms with Gasteiger partial charge in [-0.3, -0.25) is 4.99 Å². The molecule has 0 unspecified atom stereocenters. The maximum absolute atomic E-state index is 4.33. The maximum Gasteiger partial charge on any atom is 0.191 e. The van der Waals surface area contributed by atoms with Gasteiger partial charge >= 0.3 is 0 Å². The number of benzene rings is 1. The van der Waals surface area contributed by atoms with Crippen LogP contribution in [0.1, 0.15) is 49.7 Å². The summed E-state index contributed by atoms with van der Waals surface area (Å²) < 4.78 is 0. The van der Waals surface area contributed by atoms with Crippen LogP contribution in [0, 0.1) is 5.92 Å². The van der Waals surface area contributed by atoms with E-state index < -0.39 is 0 Å². The average Bonchev–Trinajstić information content (AvgIpc) is 3.07. The van der Waals surface area contributed by atoms with Crippen molar-refractivity contribution in [1.29, 1.82) is 0 Å². The third-order valence-corrected chi connectivity index (χ3v) is 4.73. The van der Waals surface area contributed by atoms with E-state index in [2.05, 4.69) is 58.9 Å². The fraction of sp³-hybridized carbons (Fsp3) is 0.650. The molecule has 134 valence electrons. The second-order valence-electron chi connectivity index (χ2n) is 7.20. The lowest BCUT2D eigenvalue weighted by Crippen LogP contribution is -2.37. The van der Waals surface area contributed by atoms with Crippen LogP contribution in [0.4, 0.5) is 0 Å². The van der Waals surface area contributed by atoms with E-state index >= 15 is 0 Å². The Morgan fingerprint density at radius 1 is 1.17 bits per heavy atom. The molecule has 0 radical (unpaired) electrons. The summed E-state index contributed by atoms with van der Waals surface area (Å²) in [7, 11) is 6.04. The van der Waals surface area contributed by atoms with E-state index in [4.69, 9.17) is 0 Å². The number of rotatable bonds is 8. The summed E-state index contributed by atoms with van der Waals surface area (Å²) in [6.45, 7) is 2.79. The smallest absolute Gasteiger partial charge is 0.191 e. The van der Waals surface area contributed by atoms with Crippen LogP contribution in [0.15, 0.2) is 29.3 Å². The molecule has 2 rings (SSSR count). The maximum atomic E-state index is 4.33. The van der Waals surface area contributed by atoms with E-state index in [-0.39, 0.29) is 0 Å². The molecule has 0 bridgehead atoms. The summed E-state index contributed by atoms with van der Waals surface area (Å²) in [5.74, 6) is 1.88. The molecule has 1 aliphatic carbocycles. The predicted octanol–water partition coefficient (Wildman–Crippen LogP) is 3.38. The van der Waals surface area contributed by atoms with Gasteiger partial charge in [0.2, 0.25) is 0 Å².